The maximum absolute atomic E-state index is 6.17. The van der Waals surface area contributed by atoms with Crippen LogP contribution in [0.5, 0.6) is 23.0 Å². The van der Waals surface area contributed by atoms with E-state index >= 15 is 0 Å². The zero-order valence-electron chi connectivity index (χ0n) is 37.9. The van der Waals surface area contributed by atoms with E-state index in [9.17, 15) is 0 Å². The molecule has 0 saturated heterocycles. The third-order valence-electron chi connectivity index (χ3n) is 12.2. The Morgan fingerprint density at radius 2 is 0.773 bits per heavy atom. The number of anilines is 4. The van der Waals surface area contributed by atoms with Crippen molar-refractivity contribution in [3.63, 3.8) is 0 Å². The summed E-state index contributed by atoms with van der Waals surface area (Å²) < 4.78 is 27.9. The normalized spacial score (nSPS) is 14.9. The Balaban J connectivity index is 0.000000166. The van der Waals surface area contributed by atoms with Crippen molar-refractivity contribution < 1.29 is 18.9 Å². The summed E-state index contributed by atoms with van der Waals surface area (Å²) in [6.45, 7) is 12.0. The topological polar surface area (TPSA) is 49.9 Å². The largest absolute Gasteiger partial charge is 0.473 e. The molecule has 0 bridgehead atoms. The van der Waals surface area contributed by atoms with Gasteiger partial charge in [0.1, 0.15) is 23.0 Å². The Bertz CT molecular complexity index is 2640. The summed E-state index contributed by atoms with van der Waals surface area (Å²) in [6.07, 6.45) is 8.62. The molecular weight excluding hydrogens is 1100 g/mol. The first-order valence-electron chi connectivity index (χ1n) is 21.4. The van der Waals surface area contributed by atoms with Crippen LogP contribution in [0.3, 0.4) is 0 Å². The van der Waals surface area contributed by atoms with Crippen molar-refractivity contribution in [2.75, 3.05) is 71.5 Å². The van der Waals surface area contributed by atoms with Crippen LogP contribution in [0.4, 0.5) is 22.7 Å². The van der Waals surface area contributed by atoms with Crippen LogP contribution in [0.25, 0.3) is 0 Å². The Labute approximate surface area is 431 Å². The van der Waals surface area contributed by atoms with E-state index in [1.807, 2.05) is 36.4 Å². The molecule has 10 rings (SSSR count). The van der Waals surface area contributed by atoms with E-state index in [1.54, 1.807) is 47.0 Å². The lowest BCUT2D eigenvalue weighted by atomic mass is 10.1. The quantitative estimate of drug-likeness (QED) is 0.136. The number of rotatable bonds is 8. The first-order chi connectivity index (χ1) is 32.0. The fourth-order valence-corrected chi connectivity index (χ4v) is 13.6. The van der Waals surface area contributed by atoms with Crippen LogP contribution in [0, 0.1) is 20.8 Å². The average molecular weight is 1150 g/mol. The highest BCUT2D eigenvalue weighted by atomic mass is 79.9. The second kappa shape index (κ2) is 20.7. The summed E-state index contributed by atoms with van der Waals surface area (Å²) in [4.78, 5) is 14.5. The number of hydrogen-bond donors (Lipinski definition) is 0. The first-order valence-corrected chi connectivity index (χ1v) is 28.7. The molecule has 4 aliphatic heterocycles. The van der Waals surface area contributed by atoms with Gasteiger partial charge in [0.25, 0.3) is 0 Å². The number of aryl methyl sites for hydroxylation is 2. The van der Waals surface area contributed by atoms with Gasteiger partial charge in [-0.15, -0.1) is 47.0 Å². The zero-order chi connectivity index (χ0) is 46.2. The molecule has 0 N–H and O–H groups in total. The standard InChI is InChI=1S/C26H27BrN2O2S2.C25H24Br2N2O2S2/c1-16-5-7-21-18(9-16)12-28(14-30-21)24-17(2)10-23(32-3)25(26(24)33-4)29-13-19-11-20(27)6-8-22(19)31-15-29;1-15-24(28-11-16-8-18(26)4-6-20(16)30-13-28)22(32-2)10-23(33-3)25(15)29-12-17-9-19(27)5-7-21(17)31-14-29/h5-11H,12-15H2,1-4H3;4-10H,11-14H2,1-3H3. The van der Waals surface area contributed by atoms with Crippen molar-refractivity contribution in [3.8, 4) is 23.0 Å². The summed E-state index contributed by atoms with van der Waals surface area (Å²) in [5.41, 5.74) is 13.6. The second-order valence-corrected chi connectivity index (χ2v) is 22.6. The van der Waals surface area contributed by atoms with Crippen molar-refractivity contribution in [1.29, 1.82) is 0 Å². The van der Waals surface area contributed by atoms with Crippen molar-refractivity contribution in [3.05, 3.63) is 137 Å². The molecule has 0 radical (unpaired) electrons. The van der Waals surface area contributed by atoms with E-state index in [1.165, 1.54) is 81.3 Å². The Morgan fingerprint density at radius 3 is 1.18 bits per heavy atom. The third-order valence-corrected chi connectivity index (χ3v) is 16.7. The van der Waals surface area contributed by atoms with Crippen molar-refractivity contribution >= 4 is 118 Å². The first kappa shape index (κ1) is 47.6. The third kappa shape index (κ3) is 9.73. The fourth-order valence-electron chi connectivity index (χ4n) is 9.19. The van der Waals surface area contributed by atoms with E-state index < -0.39 is 0 Å². The SMILES string of the molecule is CSc1cc(C)c(N2COc3ccc(C)cc3C2)c(SC)c1N1COc2ccc(Br)cc2C1.CSc1cc(SC)c(N2COc3ccc(Br)cc3C2)c(C)c1N1COc2ccc(Br)cc2C1. The Kier molecular flexibility index (Phi) is 14.9. The second-order valence-electron chi connectivity index (χ2n) is 16.5. The van der Waals surface area contributed by atoms with Crippen LogP contribution in [-0.2, 0) is 26.2 Å². The Hall–Kier alpha value is -3.44. The van der Waals surface area contributed by atoms with Crippen molar-refractivity contribution in [1.82, 2.24) is 0 Å². The molecule has 15 heteroatoms. The minimum Gasteiger partial charge on any atom is -0.473 e. The highest BCUT2D eigenvalue weighted by molar-refractivity contribution is 9.11. The van der Waals surface area contributed by atoms with Gasteiger partial charge in [-0.2, -0.15) is 0 Å². The fraction of sp³-hybridized carbons (Fsp3) is 0.294. The molecule has 0 aromatic heterocycles. The molecule has 0 amide bonds. The maximum Gasteiger partial charge on any atom is 0.161 e. The van der Waals surface area contributed by atoms with Gasteiger partial charge in [0, 0.05) is 76.5 Å². The van der Waals surface area contributed by atoms with Gasteiger partial charge in [-0.05, 0) is 130 Å². The van der Waals surface area contributed by atoms with Gasteiger partial charge in [0.15, 0.2) is 26.9 Å². The van der Waals surface area contributed by atoms with Crippen LogP contribution in [0.15, 0.2) is 118 Å². The smallest absolute Gasteiger partial charge is 0.161 e. The number of thioether (sulfide) groups is 4. The minimum atomic E-state index is 0.535. The summed E-state index contributed by atoms with van der Waals surface area (Å²) in [7, 11) is 0. The zero-order valence-corrected chi connectivity index (χ0v) is 46.0. The van der Waals surface area contributed by atoms with Crippen LogP contribution >= 0.6 is 94.8 Å². The van der Waals surface area contributed by atoms with E-state index in [-0.39, 0.29) is 0 Å². The number of hydrogen-bond acceptors (Lipinski definition) is 12. The van der Waals surface area contributed by atoms with E-state index in [0.29, 0.717) is 26.9 Å². The predicted octanol–water partition coefficient (Wildman–Crippen LogP) is 14.9. The molecule has 6 aromatic carbocycles. The molecular formula is C51H51Br3N4O4S4. The van der Waals surface area contributed by atoms with Crippen LogP contribution in [0.2, 0.25) is 0 Å². The van der Waals surface area contributed by atoms with Gasteiger partial charge in [-0.25, -0.2) is 0 Å². The number of halogens is 3. The molecule has 344 valence electrons. The molecule has 0 saturated carbocycles. The lowest BCUT2D eigenvalue weighted by molar-refractivity contribution is 0.285. The minimum absolute atomic E-state index is 0.535. The average Bonchev–Trinajstić information content (AvgIpc) is 3.32. The van der Waals surface area contributed by atoms with Gasteiger partial charge >= 0.3 is 0 Å². The van der Waals surface area contributed by atoms with Gasteiger partial charge in [-0.1, -0.05) is 65.5 Å². The monoisotopic (exact) mass is 1150 g/mol. The molecule has 0 unspecified atom stereocenters. The molecule has 66 heavy (non-hydrogen) atoms. The molecule has 6 aromatic rings. The van der Waals surface area contributed by atoms with E-state index in [2.05, 4.69) is 162 Å². The number of ether oxygens (including phenoxy) is 4. The van der Waals surface area contributed by atoms with Crippen LogP contribution in [0.1, 0.15) is 38.9 Å². The molecule has 0 atom stereocenters. The van der Waals surface area contributed by atoms with Gasteiger partial charge in [0.2, 0.25) is 0 Å². The maximum atomic E-state index is 6.17. The summed E-state index contributed by atoms with van der Waals surface area (Å²) in [5, 5.41) is 0. The molecule has 0 fully saturated rings. The molecule has 0 aliphatic carbocycles. The Morgan fingerprint density at radius 1 is 0.409 bits per heavy atom. The summed E-state index contributed by atoms with van der Waals surface area (Å²) in [6, 6.07) is 29.8. The molecule has 4 heterocycles. The molecule has 8 nitrogen and oxygen atoms in total. The van der Waals surface area contributed by atoms with Gasteiger partial charge in [-0.3, -0.25) is 0 Å². The summed E-state index contributed by atoms with van der Waals surface area (Å²) in [5.74, 6) is 3.89. The number of fused-ring (bicyclic) bond motifs is 4. The summed E-state index contributed by atoms with van der Waals surface area (Å²) >= 11 is 18.0. The van der Waals surface area contributed by atoms with Crippen molar-refractivity contribution in [2.24, 2.45) is 0 Å². The van der Waals surface area contributed by atoms with Crippen LogP contribution in [-0.4, -0.2) is 51.9 Å². The predicted molar refractivity (Wildman–Crippen MR) is 290 cm³/mol. The highest BCUT2D eigenvalue weighted by Gasteiger charge is 2.31. The lowest BCUT2D eigenvalue weighted by Gasteiger charge is -2.37. The van der Waals surface area contributed by atoms with Gasteiger partial charge < -0.3 is 38.5 Å². The van der Waals surface area contributed by atoms with Crippen molar-refractivity contribution in [2.45, 2.75) is 66.5 Å². The van der Waals surface area contributed by atoms with Crippen LogP contribution < -0.4 is 38.5 Å². The molecule has 0 spiro atoms. The number of benzene rings is 6. The molecule has 4 aliphatic rings. The van der Waals surface area contributed by atoms with Gasteiger partial charge in [0.05, 0.1) is 27.6 Å². The number of nitrogens with zero attached hydrogens (tertiary/aromatic N) is 4. The lowest BCUT2D eigenvalue weighted by Crippen LogP contribution is -2.35. The van der Waals surface area contributed by atoms with E-state index in [4.69, 9.17) is 18.9 Å². The van der Waals surface area contributed by atoms with E-state index in [0.717, 1.165) is 62.6 Å². The highest BCUT2D eigenvalue weighted by Crippen LogP contribution is 2.49.